The minimum Gasteiger partial charge on any atom is -0.389 e. The molecule has 4 heteroatoms. The van der Waals surface area contributed by atoms with Gasteiger partial charge in [0, 0.05) is 24.3 Å². The molecule has 2 N–H and O–H groups in total. The minimum absolute atomic E-state index is 0.0954. The zero-order chi connectivity index (χ0) is 14.1. The Bertz CT molecular complexity index is 669. The SMILES string of the molecule is NC(=S)c1ccc(N2CCc3ccccc3C2)cc1F. The summed E-state index contributed by atoms with van der Waals surface area (Å²) in [5.41, 5.74) is 9.35. The molecule has 2 nitrogen and oxygen atoms in total. The van der Waals surface area contributed by atoms with Gasteiger partial charge in [-0.15, -0.1) is 0 Å². The van der Waals surface area contributed by atoms with Crippen molar-refractivity contribution in [1.82, 2.24) is 0 Å². The average molecular weight is 286 g/mol. The van der Waals surface area contributed by atoms with Crippen molar-refractivity contribution in [2.75, 3.05) is 11.4 Å². The molecule has 0 amide bonds. The molecule has 20 heavy (non-hydrogen) atoms. The van der Waals surface area contributed by atoms with E-state index in [2.05, 4.69) is 23.1 Å². The van der Waals surface area contributed by atoms with Gasteiger partial charge in [0.25, 0.3) is 0 Å². The van der Waals surface area contributed by atoms with Crippen LogP contribution in [0.25, 0.3) is 0 Å². The highest BCUT2D eigenvalue weighted by molar-refractivity contribution is 7.80. The number of nitrogens with zero attached hydrogens (tertiary/aromatic N) is 1. The van der Waals surface area contributed by atoms with Crippen molar-refractivity contribution in [1.29, 1.82) is 0 Å². The number of hydrogen-bond donors (Lipinski definition) is 1. The number of halogens is 1. The summed E-state index contributed by atoms with van der Waals surface area (Å²) in [6.45, 7) is 1.70. The Balaban J connectivity index is 1.88. The molecule has 102 valence electrons. The molecule has 1 aliphatic rings. The zero-order valence-electron chi connectivity index (χ0n) is 11.0. The Morgan fingerprint density at radius 2 is 1.90 bits per heavy atom. The molecule has 0 aliphatic carbocycles. The topological polar surface area (TPSA) is 29.3 Å². The zero-order valence-corrected chi connectivity index (χ0v) is 11.8. The summed E-state index contributed by atoms with van der Waals surface area (Å²) in [4.78, 5) is 2.27. The Hall–Kier alpha value is -1.94. The van der Waals surface area contributed by atoms with Crippen molar-refractivity contribution >= 4 is 22.9 Å². The van der Waals surface area contributed by atoms with Crippen LogP contribution in [-0.4, -0.2) is 11.5 Å². The molecular weight excluding hydrogens is 271 g/mol. The maximum Gasteiger partial charge on any atom is 0.135 e. The normalized spacial score (nSPS) is 13.9. The van der Waals surface area contributed by atoms with E-state index in [0.717, 1.165) is 25.2 Å². The summed E-state index contributed by atoms with van der Waals surface area (Å²) in [5, 5.41) is 0. The van der Waals surface area contributed by atoms with Gasteiger partial charge in [0.15, 0.2) is 0 Å². The Morgan fingerprint density at radius 3 is 2.60 bits per heavy atom. The van der Waals surface area contributed by atoms with E-state index in [1.54, 1.807) is 6.07 Å². The number of nitrogens with two attached hydrogens (primary N) is 1. The van der Waals surface area contributed by atoms with Crippen molar-refractivity contribution in [2.45, 2.75) is 13.0 Å². The molecule has 2 aromatic carbocycles. The van der Waals surface area contributed by atoms with Crippen LogP contribution in [0.15, 0.2) is 42.5 Å². The minimum atomic E-state index is -0.353. The van der Waals surface area contributed by atoms with Crippen LogP contribution in [0.5, 0.6) is 0 Å². The third kappa shape index (κ3) is 2.39. The fourth-order valence-corrected chi connectivity index (χ4v) is 2.78. The molecule has 0 saturated carbocycles. The number of thiocarbonyl (C=S) groups is 1. The summed E-state index contributed by atoms with van der Waals surface area (Å²) in [6.07, 6.45) is 0.981. The van der Waals surface area contributed by atoms with Crippen LogP contribution in [0.4, 0.5) is 10.1 Å². The molecule has 0 saturated heterocycles. The van der Waals surface area contributed by atoms with Crippen LogP contribution in [0.3, 0.4) is 0 Å². The molecule has 0 unspecified atom stereocenters. The van der Waals surface area contributed by atoms with E-state index >= 15 is 0 Å². The van der Waals surface area contributed by atoms with E-state index in [0.29, 0.717) is 5.56 Å². The molecule has 1 heterocycles. The second-order valence-corrected chi connectivity index (χ2v) is 5.41. The van der Waals surface area contributed by atoms with Gasteiger partial charge in [0.05, 0.1) is 0 Å². The maximum atomic E-state index is 14.0. The fourth-order valence-electron chi connectivity index (χ4n) is 2.62. The first-order valence-electron chi connectivity index (χ1n) is 6.56. The van der Waals surface area contributed by atoms with Crippen molar-refractivity contribution in [3.8, 4) is 0 Å². The molecule has 0 aromatic heterocycles. The van der Waals surface area contributed by atoms with Crippen molar-refractivity contribution in [3.63, 3.8) is 0 Å². The van der Waals surface area contributed by atoms with Gasteiger partial charge in [0.2, 0.25) is 0 Å². The van der Waals surface area contributed by atoms with E-state index in [9.17, 15) is 4.39 Å². The van der Waals surface area contributed by atoms with Crippen molar-refractivity contribution in [2.24, 2.45) is 5.73 Å². The molecule has 3 rings (SSSR count). The molecule has 1 aliphatic heterocycles. The largest absolute Gasteiger partial charge is 0.389 e. The monoisotopic (exact) mass is 286 g/mol. The molecule has 0 bridgehead atoms. The first-order chi connectivity index (χ1) is 9.65. The molecule has 2 aromatic rings. The second-order valence-electron chi connectivity index (χ2n) is 4.97. The Kier molecular flexibility index (Phi) is 3.40. The predicted octanol–water partition coefficient (Wildman–Crippen LogP) is 3.02. The molecular formula is C16H15FN2S. The maximum absolute atomic E-state index is 14.0. The summed E-state index contributed by atoms with van der Waals surface area (Å²) >= 11 is 4.83. The van der Waals surface area contributed by atoms with Gasteiger partial charge >= 0.3 is 0 Å². The van der Waals surface area contributed by atoms with Crippen molar-refractivity contribution in [3.05, 3.63) is 65.0 Å². The van der Waals surface area contributed by atoms with E-state index in [1.807, 2.05) is 12.1 Å². The summed E-state index contributed by atoms with van der Waals surface area (Å²) in [5.74, 6) is -0.353. The lowest BCUT2D eigenvalue weighted by molar-refractivity contribution is 0.623. The third-order valence-corrected chi connectivity index (χ3v) is 3.93. The first kappa shape index (κ1) is 13.1. The smallest absolute Gasteiger partial charge is 0.135 e. The van der Waals surface area contributed by atoms with Crippen LogP contribution in [0.2, 0.25) is 0 Å². The fraction of sp³-hybridized carbons (Fsp3) is 0.188. The average Bonchev–Trinajstić information content (AvgIpc) is 2.46. The van der Waals surface area contributed by atoms with Crippen LogP contribution < -0.4 is 10.6 Å². The number of fused-ring (bicyclic) bond motifs is 1. The van der Waals surface area contributed by atoms with E-state index in [-0.39, 0.29) is 10.8 Å². The van der Waals surface area contributed by atoms with Gasteiger partial charge in [0.1, 0.15) is 10.8 Å². The van der Waals surface area contributed by atoms with Crippen LogP contribution in [0.1, 0.15) is 16.7 Å². The lowest BCUT2D eigenvalue weighted by atomic mass is 9.99. The highest BCUT2D eigenvalue weighted by Crippen LogP contribution is 2.25. The van der Waals surface area contributed by atoms with E-state index < -0.39 is 0 Å². The Labute approximate surface area is 123 Å². The number of rotatable bonds is 2. The van der Waals surface area contributed by atoms with Gasteiger partial charge in [-0.3, -0.25) is 0 Å². The highest BCUT2D eigenvalue weighted by Gasteiger charge is 2.17. The summed E-state index contributed by atoms with van der Waals surface area (Å²) < 4.78 is 14.0. The van der Waals surface area contributed by atoms with Crippen LogP contribution in [-0.2, 0) is 13.0 Å². The quantitative estimate of drug-likeness (QED) is 0.861. The van der Waals surface area contributed by atoms with Gasteiger partial charge < -0.3 is 10.6 Å². The number of hydrogen-bond acceptors (Lipinski definition) is 2. The van der Waals surface area contributed by atoms with E-state index in [1.165, 1.54) is 17.2 Å². The molecule has 0 atom stereocenters. The third-order valence-electron chi connectivity index (χ3n) is 3.71. The Morgan fingerprint density at radius 1 is 1.15 bits per heavy atom. The van der Waals surface area contributed by atoms with Gasteiger partial charge in [-0.05, 0) is 35.7 Å². The standard InChI is InChI=1S/C16H15FN2S/c17-15-9-13(5-6-14(15)16(18)20)19-8-7-11-3-1-2-4-12(11)10-19/h1-6,9H,7-8,10H2,(H2,18,20). The van der Waals surface area contributed by atoms with Gasteiger partial charge in [-0.25, -0.2) is 4.39 Å². The molecule has 0 radical (unpaired) electrons. The van der Waals surface area contributed by atoms with Crippen LogP contribution in [0, 0.1) is 5.82 Å². The van der Waals surface area contributed by atoms with Crippen LogP contribution >= 0.6 is 12.2 Å². The highest BCUT2D eigenvalue weighted by atomic mass is 32.1. The predicted molar refractivity (Wildman–Crippen MR) is 83.5 cm³/mol. The summed E-state index contributed by atoms with van der Waals surface area (Å²) in [6, 6.07) is 13.4. The summed E-state index contributed by atoms with van der Waals surface area (Å²) in [7, 11) is 0. The second kappa shape index (κ2) is 5.21. The molecule has 0 spiro atoms. The first-order valence-corrected chi connectivity index (χ1v) is 6.97. The molecule has 0 fully saturated rings. The van der Waals surface area contributed by atoms with Gasteiger partial charge in [-0.1, -0.05) is 36.5 Å². The van der Waals surface area contributed by atoms with E-state index in [4.69, 9.17) is 18.0 Å². The van der Waals surface area contributed by atoms with Crippen molar-refractivity contribution < 1.29 is 4.39 Å². The number of anilines is 1. The van der Waals surface area contributed by atoms with Gasteiger partial charge in [-0.2, -0.15) is 0 Å². The lowest BCUT2D eigenvalue weighted by Gasteiger charge is -2.30. The number of benzene rings is 2. The lowest BCUT2D eigenvalue weighted by Crippen LogP contribution is -2.30.